The molecule has 0 fully saturated rings. The maximum atomic E-state index is 11.2. The van der Waals surface area contributed by atoms with E-state index in [1.165, 1.54) is 6.07 Å². The van der Waals surface area contributed by atoms with E-state index >= 15 is 0 Å². The largest absolute Gasteiger partial charge is 0.478 e. The average molecular weight is 342 g/mol. The number of hydrogen-bond acceptors (Lipinski definition) is 2. The molecule has 2 aromatic carbocycles. The lowest BCUT2D eigenvalue weighted by Crippen LogP contribution is -2.01. The minimum Gasteiger partial charge on any atom is -0.478 e. The molecule has 0 spiro atoms. The van der Waals surface area contributed by atoms with Gasteiger partial charge in [0.1, 0.15) is 17.1 Å². The molecule has 5 heteroatoms. The quantitative estimate of drug-likeness (QED) is 0.863. The van der Waals surface area contributed by atoms with E-state index in [1.807, 2.05) is 19.1 Å². The van der Waals surface area contributed by atoms with Gasteiger partial charge in [-0.1, -0.05) is 23.7 Å². The molecule has 0 saturated heterocycles. The molecule has 0 unspecified atom stereocenters. The Bertz CT molecular complexity index is 641. The second-order valence-corrected chi connectivity index (χ2v) is 5.22. The van der Waals surface area contributed by atoms with E-state index in [0.717, 1.165) is 10.0 Å². The molecule has 0 aliphatic heterocycles. The first-order chi connectivity index (χ1) is 8.99. The molecule has 0 aromatic heterocycles. The van der Waals surface area contributed by atoms with Crippen LogP contribution in [0.25, 0.3) is 0 Å². The number of ether oxygens (including phenoxy) is 1. The van der Waals surface area contributed by atoms with E-state index < -0.39 is 5.97 Å². The standard InChI is InChI=1S/C14H10BrClO3/c1-8-5-6-11(9(15)7-8)19-12-4-2-3-10(16)13(12)14(17)18/h2-7H,1H3,(H,17,18). The Morgan fingerprint density at radius 2 is 2.00 bits per heavy atom. The molecule has 0 aliphatic rings. The summed E-state index contributed by atoms with van der Waals surface area (Å²) in [5.41, 5.74) is 1.03. The molecule has 2 aromatic rings. The molecule has 0 heterocycles. The van der Waals surface area contributed by atoms with Gasteiger partial charge in [-0.3, -0.25) is 0 Å². The van der Waals surface area contributed by atoms with Crippen molar-refractivity contribution < 1.29 is 14.6 Å². The van der Waals surface area contributed by atoms with Crippen LogP contribution in [0.15, 0.2) is 40.9 Å². The number of halogens is 2. The van der Waals surface area contributed by atoms with Crippen molar-refractivity contribution in [3.63, 3.8) is 0 Å². The van der Waals surface area contributed by atoms with E-state index in [2.05, 4.69) is 15.9 Å². The second-order valence-electron chi connectivity index (χ2n) is 3.95. The van der Waals surface area contributed by atoms with Crippen molar-refractivity contribution in [1.82, 2.24) is 0 Å². The minimum absolute atomic E-state index is 0.0448. The molecule has 0 atom stereocenters. The van der Waals surface area contributed by atoms with E-state index in [1.54, 1.807) is 18.2 Å². The Labute approximate surface area is 123 Å². The number of carbonyl (C=O) groups is 1. The molecule has 0 radical (unpaired) electrons. The maximum Gasteiger partial charge on any atom is 0.341 e. The van der Waals surface area contributed by atoms with Crippen LogP contribution in [0, 0.1) is 6.92 Å². The molecular formula is C14H10BrClO3. The average Bonchev–Trinajstić information content (AvgIpc) is 2.32. The van der Waals surface area contributed by atoms with E-state index in [4.69, 9.17) is 21.4 Å². The van der Waals surface area contributed by atoms with Gasteiger partial charge in [-0.05, 0) is 52.7 Å². The Hall–Kier alpha value is -1.52. The van der Waals surface area contributed by atoms with Gasteiger partial charge in [0.05, 0.1) is 9.50 Å². The van der Waals surface area contributed by atoms with Crippen LogP contribution in [0.3, 0.4) is 0 Å². The number of carboxylic acid groups (broad SMARTS) is 1. The molecule has 0 bridgehead atoms. The molecular weight excluding hydrogens is 332 g/mol. The highest BCUT2D eigenvalue weighted by Gasteiger charge is 2.16. The van der Waals surface area contributed by atoms with Crippen LogP contribution in [0.4, 0.5) is 0 Å². The first-order valence-corrected chi connectivity index (χ1v) is 6.62. The van der Waals surface area contributed by atoms with Gasteiger partial charge >= 0.3 is 5.97 Å². The molecule has 1 N–H and O–H groups in total. The van der Waals surface area contributed by atoms with Crippen LogP contribution >= 0.6 is 27.5 Å². The maximum absolute atomic E-state index is 11.2. The molecule has 0 saturated carbocycles. The van der Waals surface area contributed by atoms with Crippen LogP contribution in [-0.4, -0.2) is 11.1 Å². The highest BCUT2D eigenvalue weighted by Crippen LogP contribution is 2.34. The fraction of sp³-hybridized carbons (Fsp3) is 0.0714. The summed E-state index contributed by atoms with van der Waals surface area (Å²) in [5, 5.41) is 9.31. The first kappa shape index (κ1) is 13.9. The summed E-state index contributed by atoms with van der Waals surface area (Å²) in [6, 6.07) is 10.3. The van der Waals surface area contributed by atoms with Crippen molar-refractivity contribution in [3.05, 3.63) is 57.0 Å². The van der Waals surface area contributed by atoms with Crippen LogP contribution in [0.1, 0.15) is 15.9 Å². The molecule has 19 heavy (non-hydrogen) atoms. The summed E-state index contributed by atoms with van der Waals surface area (Å²) in [6.07, 6.45) is 0. The Kier molecular flexibility index (Phi) is 4.12. The van der Waals surface area contributed by atoms with Gasteiger partial charge in [0, 0.05) is 0 Å². The predicted octanol–water partition coefficient (Wildman–Crippen LogP) is 4.90. The van der Waals surface area contributed by atoms with E-state index in [-0.39, 0.29) is 16.3 Å². The summed E-state index contributed by atoms with van der Waals surface area (Å²) < 4.78 is 6.38. The van der Waals surface area contributed by atoms with Crippen molar-refractivity contribution in [2.24, 2.45) is 0 Å². The van der Waals surface area contributed by atoms with E-state index in [0.29, 0.717) is 5.75 Å². The van der Waals surface area contributed by atoms with Gasteiger partial charge in [-0.15, -0.1) is 0 Å². The van der Waals surface area contributed by atoms with Crippen molar-refractivity contribution in [1.29, 1.82) is 0 Å². The number of benzene rings is 2. The monoisotopic (exact) mass is 340 g/mol. The molecule has 2 rings (SSSR count). The molecule has 98 valence electrons. The smallest absolute Gasteiger partial charge is 0.341 e. The highest BCUT2D eigenvalue weighted by atomic mass is 79.9. The highest BCUT2D eigenvalue weighted by molar-refractivity contribution is 9.10. The van der Waals surface area contributed by atoms with Gasteiger partial charge in [0.2, 0.25) is 0 Å². The second kappa shape index (κ2) is 5.63. The molecule has 0 aliphatic carbocycles. The lowest BCUT2D eigenvalue weighted by atomic mass is 10.2. The van der Waals surface area contributed by atoms with Crippen LogP contribution in [0.5, 0.6) is 11.5 Å². The van der Waals surface area contributed by atoms with Crippen LogP contribution in [0.2, 0.25) is 5.02 Å². The zero-order valence-corrected chi connectivity index (χ0v) is 12.3. The van der Waals surface area contributed by atoms with Gasteiger partial charge in [-0.2, -0.15) is 0 Å². The number of hydrogen-bond donors (Lipinski definition) is 1. The molecule has 3 nitrogen and oxygen atoms in total. The fourth-order valence-electron chi connectivity index (χ4n) is 1.60. The third-order valence-electron chi connectivity index (χ3n) is 2.50. The SMILES string of the molecule is Cc1ccc(Oc2cccc(Cl)c2C(=O)O)c(Br)c1. The normalized spacial score (nSPS) is 10.3. The van der Waals surface area contributed by atoms with Crippen molar-refractivity contribution >= 4 is 33.5 Å². The summed E-state index contributed by atoms with van der Waals surface area (Å²) in [4.78, 5) is 11.2. The summed E-state index contributed by atoms with van der Waals surface area (Å²) in [5.74, 6) is -0.372. The van der Waals surface area contributed by atoms with Gasteiger partial charge in [-0.25, -0.2) is 4.79 Å². The third-order valence-corrected chi connectivity index (χ3v) is 3.43. The lowest BCUT2D eigenvalue weighted by Gasteiger charge is -2.11. The topological polar surface area (TPSA) is 46.5 Å². The van der Waals surface area contributed by atoms with Crippen molar-refractivity contribution in [2.75, 3.05) is 0 Å². The summed E-state index contributed by atoms with van der Waals surface area (Å²) in [7, 11) is 0. The summed E-state index contributed by atoms with van der Waals surface area (Å²) in [6.45, 7) is 1.95. The number of carboxylic acids is 1. The number of aromatic carboxylic acids is 1. The van der Waals surface area contributed by atoms with Gasteiger partial charge in [0.15, 0.2) is 0 Å². The fourth-order valence-corrected chi connectivity index (χ4v) is 2.42. The van der Waals surface area contributed by atoms with Gasteiger partial charge < -0.3 is 9.84 Å². The number of rotatable bonds is 3. The predicted molar refractivity (Wildman–Crippen MR) is 77.4 cm³/mol. The third kappa shape index (κ3) is 3.08. The van der Waals surface area contributed by atoms with Crippen molar-refractivity contribution in [2.45, 2.75) is 6.92 Å². The zero-order valence-electron chi connectivity index (χ0n) is 9.98. The van der Waals surface area contributed by atoms with Crippen LogP contribution in [-0.2, 0) is 0 Å². The minimum atomic E-state index is -1.12. The number of aryl methyl sites for hydroxylation is 1. The van der Waals surface area contributed by atoms with Crippen molar-refractivity contribution in [3.8, 4) is 11.5 Å². The zero-order chi connectivity index (χ0) is 14.0. The van der Waals surface area contributed by atoms with Gasteiger partial charge in [0.25, 0.3) is 0 Å². The Morgan fingerprint density at radius 1 is 1.26 bits per heavy atom. The lowest BCUT2D eigenvalue weighted by molar-refractivity contribution is 0.0694. The summed E-state index contributed by atoms with van der Waals surface area (Å²) >= 11 is 9.26. The Balaban J connectivity index is 2.44. The van der Waals surface area contributed by atoms with E-state index in [9.17, 15) is 4.79 Å². The molecule has 0 amide bonds. The first-order valence-electron chi connectivity index (χ1n) is 5.45. The van der Waals surface area contributed by atoms with Crippen LogP contribution < -0.4 is 4.74 Å². The Morgan fingerprint density at radius 3 is 2.63 bits per heavy atom.